The standard InChI is InChI=1S/C6H7F3O3/c1-2-11-4(10)5(3-12-5)6(7,8)9/h2-3H2,1H3/t5-/m1/s1. The minimum absolute atomic E-state index is 0.0833. The zero-order valence-corrected chi connectivity index (χ0v) is 6.27. The first kappa shape index (κ1) is 9.31. The molecule has 0 aromatic rings. The summed E-state index contributed by atoms with van der Waals surface area (Å²) in [6.45, 7) is 0.722. The van der Waals surface area contributed by atoms with Crippen molar-refractivity contribution < 1.29 is 27.4 Å². The molecule has 0 aromatic heterocycles. The van der Waals surface area contributed by atoms with Crippen molar-refractivity contribution in [3.05, 3.63) is 0 Å². The Balaban J connectivity index is 2.67. The van der Waals surface area contributed by atoms with Crippen LogP contribution in [0.3, 0.4) is 0 Å². The number of rotatable bonds is 2. The third-order valence-corrected chi connectivity index (χ3v) is 1.50. The highest BCUT2D eigenvalue weighted by Crippen LogP contribution is 2.44. The molecule has 1 aliphatic heterocycles. The summed E-state index contributed by atoms with van der Waals surface area (Å²) < 4.78 is 44.4. The van der Waals surface area contributed by atoms with Crippen LogP contribution >= 0.6 is 0 Å². The van der Waals surface area contributed by atoms with Gasteiger partial charge in [0.2, 0.25) is 0 Å². The van der Waals surface area contributed by atoms with Gasteiger partial charge in [-0.15, -0.1) is 0 Å². The molecule has 1 rings (SSSR count). The van der Waals surface area contributed by atoms with E-state index in [2.05, 4.69) is 9.47 Å². The number of halogens is 3. The van der Waals surface area contributed by atoms with Crippen molar-refractivity contribution in [3.63, 3.8) is 0 Å². The number of epoxide rings is 1. The van der Waals surface area contributed by atoms with Gasteiger partial charge in [0.05, 0.1) is 13.2 Å². The first-order valence-corrected chi connectivity index (χ1v) is 3.32. The van der Waals surface area contributed by atoms with Crippen LogP contribution in [0.15, 0.2) is 0 Å². The molecular weight excluding hydrogens is 177 g/mol. The lowest BCUT2D eigenvalue weighted by Crippen LogP contribution is -2.42. The van der Waals surface area contributed by atoms with Gasteiger partial charge in [-0.25, -0.2) is 4.79 Å². The first-order chi connectivity index (χ1) is 5.44. The van der Waals surface area contributed by atoms with E-state index in [-0.39, 0.29) is 6.61 Å². The zero-order chi connectivity index (χ0) is 9.41. The van der Waals surface area contributed by atoms with Crippen LogP contribution in [0.5, 0.6) is 0 Å². The molecule has 0 aliphatic carbocycles. The van der Waals surface area contributed by atoms with Gasteiger partial charge in [-0.05, 0) is 6.92 Å². The van der Waals surface area contributed by atoms with Gasteiger partial charge in [-0.3, -0.25) is 0 Å². The Morgan fingerprint density at radius 3 is 2.42 bits per heavy atom. The SMILES string of the molecule is CCOC(=O)[C@@]1(C(F)(F)F)CO1. The number of hydrogen-bond acceptors (Lipinski definition) is 3. The zero-order valence-electron chi connectivity index (χ0n) is 6.27. The van der Waals surface area contributed by atoms with Crippen molar-refractivity contribution in [3.8, 4) is 0 Å². The van der Waals surface area contributed by atoms with Crippen LogP contribution < -0.4 is 0 Å². The normalized spacial score (nSPS) is 28.3. The lowest BCUT2D eigenvalue weighted by molar-refractivity contribution is -0.203. The average Bonchev–Trinajstić information content (AvgIpc) is 2.63. The number of carbonyl (C=O) groups excluding carboxylic acids is 1. The molecule has 0 aromatic carbocycles. The van der Waals surface area contributed by atoms with Gasteiger partial charge < -0.3 is 9.47 Å². The maximum absolute atomic E-state index is 12.0. The van der Waals surface area contributed by atoms with Crippen LogP contribution in [-0.4, -0.2) is 31.0 Å². The highest BCUT2D eigenvalue weighted by molar-refractivity contribution is 5.83. The minimum atomic E-state index is -4.67. The Labute approximate surface area is 66.4 Å². The van der Waals surface area contributed by atoms with E-state index in [1.807, 2.05) is 0 Å². The Bertz CT molecular complexity index is 195. The molecule has 12 heavy (non-hydrogen) atoms. The fourth-order valence-corrected chi connectivity index (χ4v) is 0.717. The Morgan fingerprint density at radius 1 is 1.67 bits per heavy atom. The van der Waals surface area contributed by atoms with Gasteiger partial charge in [0, 0.05) is 0 Å². The molecule has 3 nitrogen and oxygen atoms in total. The average molecular weight is 184 g/mol. The number of esters is 1. The molecule has 0 bridgehead atoms. The molecule has 0 amide bonds. The minimum Gasteiger partial charge on any atom is -0.464 e. The monoisotopic (exact) mass is 184 g/mol. The van der Waals surface area contributed by atoms with E-state index in [0.29, 0.717) is 0 Å². The topological polar surface area (TPSA) is 38.8 Å². The molecule has 1 fully saturated rings. The predicted octanol–water partition coefficient (Wildman–Crippen LogP) is 0.881. The number of carbonyl (C=O) groups is 1. The summed E-state index contributed by atoms with van der Waals surface area (Å²) in [5, 5.41) is 0. The van der Waals surface area contributed by atoms with Gasteiger partial charge in [-0.2, -0.15) is 13.2 Å². The maximum atomic E-state index is 12.0. The molecule has 0 saturated carbocycles. The predicted molar refractivity (Wildman–Crippen MR) is 31.4 cm³/mol. The van der Waals surface area contributed by atoms with Crippen LogP contribution in [0.4, 0.5) is 13.2 Å². The fraction of sp³-hybridized carbons (Fsp3) is 0.833. The van der Waals surface area contributed by atoms with Gasteiger partial charge in [0.1, 0.15) is 0 Å². The summed E-state index contributed by atoms with van der Waals surface area (Å²) in [6.07, 6.45) is -4.67. The molecule has 6 heteroatoms. The Hall–Kier alpha value is -0.780. The number of hydrogen-bond donors (Lipinski definition) is 0. The highest BCUT2D eigenvalue weighted by atomic mass is 19.4. The Kier molecular flexibility index (Phi) is 2.03. The van der Waals surface area contributed by atoms with E-state index in [0.717, 1.165) is 0 Å². The smallest absolute Gasteiger partial charge is 0.430 e. The summed E-state index contributed by atoms with van der Waals surface area (Å²) in [5.41, 5.74) is -2.66. The maximum Gasteiger partial charge on any atom is 0.430 e. The largest absolute Gasteiger partial charge is 0.464 e. The van der Waals surface area contributed by atoms with Crippen molar-refractivity contribution in [2.45, 2.75) is 18.7 Å². The van der Waals surface area contributed by atoms with E-state index >= 15 is 0 Å². The lowest BCUT2D eigenvalue weighted by Gasteiger charge is -2.13. The molecule has 1 heterocycles. The van der Waals surface area contributed by atoms with E-state index < -0.39 is 24.4 Å². The van der Waals surface area contributed by atoms with Crippen molar-refractivity contribution >= 4 is 5.97 Å². The van der Waals surface area contributed by atoms with E-state index in [4.69, 9.17) is 0 Å². The van der Waals surface area contributed by atoms with Crippen LogP contribution in [0.25, 0.3) is 0 Å². The van der Waals surface area contributed by atoms with Gasteiger partial charge >= 0.3 is 12.1 Å². The van der Waals surface area contributed by atoms with Gasteiger partial charge in [-0.1, -0.05) is 0 Å². The van der Waals surface area contributed by atoms with Gasteiger partial charge in [0.25, 0.3) is 5.60 Å². The van der Waals surface area contributed by atoms with E-state index in [9.17, 15) is 18.0 Å². The van der Waals surface area contributed by atoms with Crippen LogP contribution in [0.1, 0.15) is 6.92 Å². The van der Waals surface area contributed by atoms with E-state index in [1.165, 1.54) is 6.92 Å². The molecule has 70 valence electrons. The molecule has 1 aliphatic rings. The number of ether oxygens (including phenoxy) is 2. The van der Waals surface area contributed by atoms with Crippen molar-refractivity contribution in [2.75, 3.05) is 13.2 Å². The third-order valence-electron chi connectivity index (χ3n) is 1.50. The molecule has 1 atom stereocenters. The quantitative estimate of drug-likeness (QED) is 0.472. The number of alkyl halides is 3. The van der Waals surface area contributed by atoms with Crippen molar-refractivity contribution in [2.24, 2.45) is 0 Å². The summed E-state index contributed by atoms with van der Waals surface area (Å²) in [4.78, 5) is 10.7. The van der Waals surface area contributed by atoms with Crippen molar-refractivity contribution in [1.82, 2.24) is 0 Å². The summed E-state index contributed by atoms with van der Waals surface area (Å²) in [6, 6.07) is 0. The van der Waals surface area contributed by atoms with Crippen LogP contribution in [-0.2, 0) is 14.3 Å². The lowest BCUT2D eigenvalue weighted by atomic mass is 10.1. The first-order valence-electron chi connectivity index (χ1n) is 3.32. The molecule has 0 spiro atoms. The summed E-state index contributed by atoms with van der Waals surface area (Å²) in [5.74, 6) is -1.35. The molecule has 0 radical (unpaired) electrons. The second kappa shape index (κ2) is 2.62. The summed E-state index contributed by atoms with van der Waals surface area (Å²) >= 11 is 0. The molecular formula is C6H7F3O3. The molecule has 1 saturated heterocycles. The van der Waals surface area contributed by atoms with Crippen LogP contribution in [0.2, 0.25) is 0 Å². The molecule has 0 N–H and O–H groups in total. The molecule has 0 unspecified atom stereocenters. The fourth-order valence-electron chi connectivity index (χ4n) is 0.717. The second-order valence-corrected chi connectivity index (χ2v) is 2.33. The Morgan fingerprint density at radius 2 is 2.17 bits per heavy atom. The van der Waals surface area contributed by atoms with E-state index in [1.54, 1.807) is 0 Å². The van der Waals surface area contributed by atoms with Gasteiger partial charge in [0.15, 0.2) is 0 Å². The second-order valence-electron chi connectivity index (χ2n) is 2.33. The van der Waals surface area contributed by atoms with Crippen molar-refractivity contribution in [1.29, 1.82) is 0 Å². The summed E-state index contributed by atoms with van der Waals surface area (Å²) in [7, 11) is 0. The third kappa shape index (κ3) is 1.26. The van der Waals surface area contributed by atoms with Crippen LogP contribution in [0, 0.1) is 0 Å². The highest BCUT2D eigenvalue weighted by Gasteiger charge is 2.72.